The van der Waals surface area contributed by atoms with Crippen LogP contribution in [0.4, 0.5) is 0 Å². The molecular weight excluding hydrogens is 453 g/mol. The van der Waals surface area contributed by atoms with Crippen LogP contribution in [0.2, 0.25) is 0 Å². The molecular formula is C26H28NO6P. The zero-order valence-electron chi connectivity index (χ0n) is 19.2. The SMILES string of the molecule is CCC(=C(c1ccc(OCCNC)cc1)c1ccc(OP(O)O)cc1)c1ccc2c(c1)OCO2. The Balaban J connectivity index is 1.77. The first-order chi connectivity index (χ1) is 16.6. The zero-order chi connectivity index (χ0) is 23.9. The van der Waals surface area contributed by atoms with E-state index in [1.165, 1.54) is 0 Å². The third kappa shape index (κ3) is 5.69. The average Bonchev–Trinajstić information content (AvgIpc) is 3.32. The van der Waals surface area contributed by atoms with Gasteiger partial charge in [0.2, 0.25) is 6.79 Å². The summed E-state index contributed by atoms with van der Waals surface area (Å²) in [6, 6.07) is 21.4. The van der Waals surface area contributed by atoms with Gasteiger partial charge < -0.3 is 33.8 Å². The van der Waals surface area contributed by atoms with Gasteiger partial charge in [-0.1, -0.05) is 37.3 Å². The Morgan fingerprint density at radius 3 is 2.12 bits per heavy atom. The molecule has 0 aromatic heterocycles. The van der Waals surface area contributed by atoms with Crippen LogP contribution in [0.3, 0.4) is 0 Å². The van der Waals surface area contributed by atoms with E-state index in [1.807, 2.05) is 49.5 Å². The molecule has 178 valence electrons. The van der Waals surface area contributed by atoms with E-state index in [9.17, 15) is 0 Å². The molecule has 0 amide bonds. The Kier molecular flexibility index (Phi) is 8.03. The Morgan fingerprint density at radius 2 is 1.50 bits per heavy atom. The van der Waals surface area contributed by atoms with E-state index in [0.717, 1.165) is 58.1 Å². The summed E-state index contributed by atoms with van der Waals surface area (Å²) in [5.41, 5.74) is 5.26. The average molecular weight is 481 g/mol. The molecule has 4 rings (SSSR count). The van der Waals surface area contributed by atoms with Gasteiger partial charge in [0.25, 0.3) is 0 Å². The van der Waals surface area contributed by atoms with Gasteiger partial charge in [-0.05, 0) is 77.7 Å². The molecule has 3 aromatic rings. The lowest BCUT2D eigenvalue weighted by molar-refractivity contribution is 0.174. The number of nitrogens with one attached hydrogen (secondary N) is 1. The lowest BCUT2D eigenvalue weighted by Gasteiger charge is -2.17. The second kappa shape index (κ2) is 11.4. The molecule has 3 aromatic carbocycles. The summed E-state index contributed by atoms with van der Waals surface area (Å²) < 4.78 is 21.9. The van der Waals surface area contributed by atoms with Gasteiger partial charge in [0.05, 0.1) is 0 Å². The van der Waals surface area contributed by atoms with E-state index in [0.29, 0.717) is 12.4 Å². The van der Waals surface area contributed by atoms with E-state index in [1.54, 1.807) is 12.1 Å². The van der Waals surface area contributed by atoms with Gasteiger partial charge in [-0.3, -0.25) is 0 Å². The summed E-state index contributed by atoms with van der Waals surface area (Å²) in [5.74, 6) is 2.69. The van der Waals surface area contributed by atoms with Crippen molar-refractivity contribution in [2.75, 3.05) is 27.0 Å². The van der Waals surface area contributed by atoms with Crippen LogP contribution in [-0.4, -0.2) is 36.8 Å². The third-order valence-electron chi connectivity index (χ3n) is 5.47. The van der Waals surface area contributed by atoms with Crippen molar-refractivity contribution in [3.05, 3.63) is 83.4 Å². The Hall–Kier alpha value is -3.09. The van der Waals surface area contributed by atoms with Crippen molar-refractivity contribution in [3.63, 3.8) is 0 Å². The van der Waals surface area contributed by atoms with Gasteiger partial charge in [0.15, 0.2) is 11.5 Å². The number of hydrogen-bond acceptors (Lipinski definition) is 7. The minimum atomic E-state index is -2.47. The summed E-state index contributed by atoms with van der Waals surface area (Å²) in [4.78, 5) is 18.3. The molecule has 0 saturated heterocycles. The number of ether oxygens (including phenoxy) is 3. The zero-order valence-corrected chi connectivity index (χ0v) is 20.0. The molecule has 8 heteroatoms. The maximum atomic E-state index is 9.17. The summed E-state index contributed by atoms with van der Waals surface area (Å²) in [5, 5.41) is 3.07. The lowest BCUT2D eigenvalue weighted by Crippen LogP contribution is -2.15. The summed E-state index contributed by atoms with van der Waals surface area (Å²) in [6.45, 7) is 3.72. The van der Waals surface area contributed by atoms with Crippen LogP contribution in [-0.2, 0) is 0 Å². The van der Waals surface area contributed by atoms with Crippen molar-refractivity contribution in [2.24, 2.45) is 0 Å². The first kappa shape index (κ1) is 24.0. The van der Waals surface area contributed by atoms with E-state index in [-0.39, 0.29) is 6.79 Å². The standard InChI is InChI=1S/C26H28NO6P/c1-3-23(20-8-13-24-25(16-20)32-17-31-24)26(19-6-11-22(12-7-19)33-34(28)29)18-4-9-21(10-5-18)30-15-14-27-2/h4-13,16,27-29H,3,14-15,17H2,1-2H3. The van der Waals surface area contributed by atoms with Crippen LogP contribution in [0.1, 0.15) is 30.0 Å². The Labute approximate surface area is 200 Å². The number of likely N-dealkylation sites (N-methyl/N-ethyl adjacent to an activating group) is 1. The van der Waals surface area contributed by atoms with Crippen molar-refractivity contribution in [3.8, 4) is 23.0 Å². The Morgan fingerprint density at radius 1 is 0.882 bits per heavy atom. The molecule has 0 unspecified atom stereocenters. The number of hydrogen-bond donors (Lipinski definition) is 3. The molecule has 7 nitrogen and oxygen atoms in total. The van der Waals surface area contributed by atoms with Crippen LogP contribution in [0.25, 0.3) is 11.1 Å². The maximum Gasteiger partial charge on any atom is 0.391 e. The molecule has 0 spiro atoms. The highest BCUT2D eigenvalue weighted by molar-refractivity contribution is 7.39. The third-order valence-corrected chi connectivity index (χ3v) is 5.84. The van der Waals surface area contributed by atoms with Crippen molar-refractivity contribution < 1.29 is 28.5 Å². The Bertz CT molecular complexity index is 1130. The topological polar surface area (TPSA) is 89.4 Å². The highest BCUT2D eigenvalue weighted by atomic mass is 31.2. The number of rotatable bonds is 10. The predicted molar refractivity (Wildman–Crippen MR) is 133 cm³/mol. The smallest absolute Gasteiger partial charge is 0.391 e. The van der Waals surface area contributed by atoms with E-state index >= 15 is 0 Å². The summed E-state index contributed by atoms with van der Waals surface area (Å²) >= 11 is 0. The largest absolute Gasteiger partial charge is 0.492 e. The van der Waals surface area contributed by atoms with E-state index < -0.39 is 8.60 Å². The fourth-order valence-electron chi connectivity index (χ4n) is 3.89. The van der Waals surface area contributed by atoms with Crippen LogP contribution < -0.4 is 24.1 Å². The second-order valence-electron chi connectivity index (χ2n) is 7.62. The first-order valence-electron chi connectivity index (χ1n) is 11.1. The fraction of sp³-hybridized carbons (Fsp3) is 0.231. The number of fused-ring (bicyclic) bond motifs is 1. The molecule has 1 aliphatic heterocycles. The molecule has 0 fully saturated rings. The monoisotopic (exact) mass is 481 g/mol. The maximum absolute atomic E-state index is 9.17. The minimum absolute atomic E-state index is 0.228. The van der Waals surface area contributed by atoms with Gasteiger partial charge in [-0.15, -0.1) is 0 Å². The van der Waals surface area contributed by atoms with Gasteiger partial charge in [0.1, 0.15) is 18.1 Å². The fourth-order valence-corrected chi connectivity index (χ4v) is 4.20. The second-order valence-corrected chi connectivity index (χ2v) is 8.31. The molecule has 3 N–H and O–H groups in total. The molecule has 0 aliphatic carbocycles. The van der Waals surface area contributed by atoms with Crippen molar-refractivity contribution in [1.29, 1.82) is 0 Å². The molecule has 0 atom stereocenters. The summed E-state index contributed by atoms with van der Waals surface area (Å²) in [7, 11) is -0.573. The highest BCUT2D eigenvalue weighted by Gasteiger charge is 2.18. The van der Waals surface area contributed by atoms with Gasteiger partial charge in [0, 0.05) is 6.54 Å². The van der Waals surface area contributed by atoms with Gasteiger partial charge in [-0.2, -0.15) is 0 Å². The van der Waals surface area contributed by atoms with Crippen LogP contribution >= 0.6 is 8.60 Å². The first-order valence-corrected chi connectivity index (χ1v) is 12.2. The molecule has 1 aliphatic rings. The minimum Gasteiger partial charge on any atom is -0.492 e. The van der Waals surface area contributed by atoms with Crippen LogP contribution in [0.5, 0.6) is 23.0 Å². The van der Waals surface area contributed by atoms with E-state index in [4.69, 9.17) is 28.5 Å². The molecule has 1 heterocycles. The molecule has 34 heavy (non-hydrogen) atoms. The van der Waals surface area contributed by atoms with Crippen LogP contribution in [0.15, 0.2) is 66.7 Å². The molecule has 0 bridgehead atoms. The van der Waals surface area contributed by atoms with Crippen LogP contribution in [0, 0.1) is 0 Å². The predicted octanol–water partition coefficient (Wildman–Crippen LogP) is 4.97. The van der Waals surface area contributed by atoms with Crippen molar-refractivity contribution in [2.45, 2.75) is 13.3 Å². The van der Waals surface area contributed by atoms with E-state index in [2.05, 4.69) is 24.4 Å². The van der Waals surface area contributed by atoms with Crippen molar-refractivity contribution in [1.82, 2.24) is 5.32 Å². The van der Waals surface area contributed by atoms with Gasteiger partial charge in [-0.25, -0.2) is 0 Å². The quantitative estimate of drug-likeness (QED) is 0.214. The normalized spacial score (nSPS) is 13.1. The summed E-state index contributed by atoms with van der Waals surface area (Å²) in [6.07, 6.45) is 0.784. The van der Waals surface area contributed by atoms with Gasteiger partial charge >= 0.3 is 8.60 Å². The van der Waals surface area contributed by atoms with Crippen molar-refractivity contribution >= 4 is 19.7 Å². The number of allylic oxidation sites excluding steroid dienone is 1. The molecule has 0 radical (unpaired) electrons. The molecule has 0 saturated carbocycles. The number of benzene rings is 3. The highest BCUT2D eigenvalue weighted by Crippen LogP contribution is 2.40. The lowest BCUT2D eigenvalue weighted by atomic mass is 9.88.